The van der Waals surface area contributed by atoms with Crippen LogP contribution in [0.5, 0.6) is 0 Å². The normalized spacial score (nSPS) is 13.1. The molecule has 2 N–H and O–H groups in total. The fraction of sp³-hybridized carbons (Fsp3) is 0.333. The van der Waals surface area contributed by atoms with Gasteiger partial charge in [-0.05, 0) is 42.5 Å². The van der Waals surface area contributed by atoms with Gasteiger partial charge < -0.3 is 20.2 Å². The summed E-state index contributed by atoms with van der Waals surface area (Å²) in [5.74, 6) is -1.17. The number of alkyl carbamates (subject to hydrolysis) is 1. The smallest absolute Gasteiger partial charge is 0.407 e. The van der Waals surface area contributed by atoms with Crippen molar-refractivity contribution in [2.45, 2.75) is 44.8 Å². The molecule has 0 spiro atoms. The van der Waals surface area contributed by atoms with Crippen molar-refractivity contribution < 1.29 is 23.9 Å². The van der Waals surface area contributed by atoms with Gasteiger partial charge in [0.05, 0.1) is 12.3 Å². The molecule has 2 aromatic carbocycles. The molecule has 2 aromatic rings. The van der Waals surface area contributed by atoms with Crippen molar-refractivity contribution in [1.82, 2.24) is 5.32 Å². The first-order chi connectivity index (χ1) is 14.9. The van der Waals surface area contributed by atoms with E-state index in [2.05, 4.69) is 5.32 Å². The lowest BCUT2D eigenvalue weighted by atomic mass is 9.98. The number of amides is 1. The third-order valence-electron chi connectivity index (χ3n) is 5.11. The molecule has 1 aliphatic carbocycles. The molecule has 0 fully saturated rings. The number of hydrogen-bond acceptors (Lipinski definition) is 6. The Morgan fingerprint density at radius 3 is 2.16 bits per heavy atom. The van der Waals surface area contributed by atoms with Gasteiger partial charge in [-0.25, -0.2) is 9.59 Å². The van der Waals surface area contributed by atoms with Crippen LogP contribution in [0.15, 0.2) is 48.5 Å². The van der Waals surface area contributed by atoms with E-state index in [4.69, 9.17) is 14.9 Å². The summed E-state index contributed by atoms with van der Waals surface area (Å²) in [6, 6.07) is 15.0. The first kappa shape index (κ1) is 22.2. The Morgan fingerprint density at radius 2 is 1.61 bits per heavy atom. The lowest BCUT2D eigenvalue weighted by Gasteiger charge is -2.20. The number of ether oxygens (including phenoxy) is 2. The summed E-state index contributed by atoms with van der Waals surface area (Å²) < 4.78 is 10.6. The summed E-state index contributed by atoms with van der Waals surface area (Å²) in [6.45, 7) is 3.52. The maximum Gasteiger partial charge on any atom is 0.407 e. The third kappa shape index (κ3) is 5.36. The zero-order valence-corrected chi connectivity index (χ0v) is 17.6. The fourth-order valence-corrected chi connectivity index (χ4v) is 3.70. The van der Waals surface area contributed by atoms with E-state index in [0.717, 1.165) is 22.3 Å². The van der Waals surface area contributed by atoms with Crippen molar-refractivity contribution >= 4 is 24.1 Å². The average Bonchev–Trinajstić information content (AvgIpc) is 3.08. The van der Waals surface area contributed by atoms with Crippen LogP contribution in [0.25, 0.3) is 11.1 Å². The van der Waals surface area contributed by atoms with Crippen LogP contribution in [-0.2, 0) is 19.1 Å². The molecule has 1 atom stereocenters. The molecule has 1 aliphatic rings. The molecule has 0 radical (unpaired) electrons. The molecule has 0 bridgehead atoms. The van der Waals surface area contributed by atoms with Crippen molar-refractivity contribution in [2.75, 3.05) is 6.61 Å². The van der Waals surface area contributed by atoms with E-state index >= 15 is 0 Å². The van der Waals surface area contributed by atoms with Gasteiger partial charge in [-0.3, -0.25) is 4.79 Å². The molecule has 0 aromatic heterocycles. The summed E-state index contributed by atoms with van der Waals surface area (Å²) in [4.78, 5) is 36.2. The quantitative estimate of drug-likeness (QED) is 0.472. The highest BCUT2D eigenvalue weighted by Gasteiger charge is 2.30. The topological polar surface area (TPSA) is 106 Å². The number of benzene rings is 2. The number of nitrogens with one attached hydrogen (secondary N) is 2. The number of hydrogen-bond donors (Lipinski definition) is 2. The Kier molecular flexibility index (Phi) is 7.18. The van der Waals surface area contributed by atoms with Crippen molar-refractivity contribution in [3.8, 4) is 11.1 Å². The van der Waals surface area contributed by atoms with Gasteiger partial charge in [0.2, 0.25) is 0 Å². The van der Waals surface area contributed by atoms with Gasteiger partial charge in [-0.1, -0.05) is 48.5 Å². The molecule has 0 saturated carbocycles. The monoisotopic (exact) mass is 422 g/mol. The van der Waals surface area contributed by atoms with Crippen LogP contribution in [-0.4, -0.2) is 42.8 Å². The van der Waals surface area contributed by atoms with Crippen LogP contribution in [0, 0.1) is 5.41 Å². The minimum atomic E-state index is -1.03. The van der Waals surface area contributed by atoms with Crippen LogP contribution in [0.4, 0.5) is 4.79 Å². The maximum absolute atomic E-state index is 12.5. The van der Waals surface area contributed by atoms with Crippen molar-refractivity contribution in [3.05, 3.63) is 59.7 Å². The molecular formula is C24H26N2O5. The Labute approximate surface area is 181 Å². The highest BCUT2D eigenvalue weighted by Crippen LogP contribution is 2.44. The van der Waals surface area contributed by atoms with Crippen LogP contribution < -0.4 is 5.32 Å². The lowest BCUT2D eigenvalue weighted by molar-refractivity contribution is -0.150. The van der Waals surface area contributed by atoms with Crippen LogP contribution in [0.2, 0.25) is 0 Å². The molecule has 0 aliphatic heterocycles. The van der Waals surface area contributed by atoms with E-state index in [1.165, 1.54) is 0 Å². The second kappa shape index (κ2) is 10.0. The van der Waals surface area contributed by atoms with E-state index in [0.29, 0.717) is 6.21 Å². The SMILES string of the molecule is CC(C)OC(=O)C(CCC(=O)C=N)NC(=O)OCC1c2ccccc2-c2ccccc21. The largest absolute Gasteiger partial charge is 0.461 e. The Bertz CT molecular complexity index is 940. The molecular weight excluding hydrogens is 396 g/mol. The van der Waals surface area contributed by atoms with Gasteiger partial charge in [0.25, 0.3) is 0 Å². The zero-order chi connectivity index (χ0) is 22.4. The molecule has 1 amide bonds. The van der Waals surface area contributed by atoms with Crippen molar-refractivity contribution in [2.24, 2.45) is 0 Å². The summed E-state index contributed by atoms with van der Waals surface area (Å²) in [7, 11) is 0. The predicted molar refractivity (Wildman–Crippen MR) is 116 cm³/mol. The summed E-state index contributed by atoms with van der Waals surface area (Å²) in [6.07, 6.45) is -0.444. The fourth-order valence-electron chi connectivity index (χ4n) is 3.70. The van der Waals surface area contributed by atoms with Crippen LogP contribution in [0.1, 0.15) is 43.7 Å². The molecule has 31 heavy (non-hydrogen) atoms. The maximum atomic E-state index is 12.5. The summed E-state index contributed by atoms with van der Waals surface area (Å²) >= 11 is 0. The first-order valence-corrected chi connectivity index (χ1v) is 10.3. The van der Waals surface area contributed by atoms with Gasteiger partial charge in [0.15, 0.2) is 5.78 Å². The number of carbonyl (C=O) groups excluding carboxylic acids is 3. The van der Waals surface area contributed by atoms with Gasteiger partial charge in [-0.15, -0.1) is 0 Å². The predicted octanol–water partition coefficient (Wildman–Crippen LogP) is 3.84. The van der Waals surface area contributed by atoms with Crippen molar-refractivity contribution in [1.29, 1.82) is 5.41 Å². The number of fused-ring (bicyclic) bond motifs is 3. The lowest BCUT2D eigenvalue weighted by Crippen LogP contribution is -2.43. The van der Waals surface area contributed by atoms with Gasteiger partial charge in [-0.2, -0.15) is 0 Å². The molecule has 1 unspecified atom stereocenters. The number of ketones is 1. The van der Waals surface area contributed by atoms with E-state index < -0.39 is 23.9 Å². The molecule has 7 nitrogen and oxygen atoms in total. The molecule has 0 heterocycles. The Hall–Kier alpha value is -3.48. The van der Waals surface area contributed by atoms with Gasteiger partial charge in [0, 0.05) is 12.3 Å². The summed E-state index contributed by atoms with van der Waals surface area (Å²) in [5, 5.41) is 9.50. The highest BCUT2D eigenvalue weighted by molar-refractivity contribution is 6.26. The Morgan fingerprint density at radius 1 is 1.03 bits per heavy atom. The van der Waals surface area contributed by atoms with E-state index in [9.17, 15) is 14.4 Å². The summed E-state index contributed by atoms with van der Waals surface area (Å²) in [5.41, 5.74) is 4.42. The number of rotatable bonds is 9. The molecule has 162 valence electrons. The van der Waals surface area contributed by atoms with Gasteiger partial charge >= 0.3 is 12.1 Å². The molecule has 0 saturated heterocycles. The highest BCUT2D eigenvalue weighted by atomic mass is 16.6. The van der Waals surface area contributed by atoms with Gasteiger partial charge in [0.1, 0.15) is 12.6 Å². The second-order valence-electron chi connectivity index (χ2n) is 7.66. The average molecular weight is 422 g/mol. The van der Waals surface area contributed by atoms with E-state index in [1.807, 2.05) is 48.5 Å². The number of carbonyl (C=O) groups is 3. The molecule has 7 heteroatoms. The zero-order valence-electron chi connectivity index (χ0n) is 17.6. The standard InChI is InChI=1S/C24H26N2O5/c1-15(2)31-23(28)22(12-11-16(27)13-25)26-24(29)30-14-21-19-9-5-3-7-17(19)18-8-4-6-10-20(18)21/h3-10,13,15,21-22,25H,11-12,14H2,1-2H3,(H,26,29). The number of Topliss-reactive ketones (excluding diaryl/α,β-unsaturated/α-hetero) is 1. The minimum Gasteiger partial charge on any atom is -0.461 e. The number of esters is 1. The second-order valence-corrected chi connectivity index (χ2v) is 7.66. The minimum absolute atomic E-state index is 0.0317. The van der Waals surface area contributed by atoms with Crippen molar-refractivity contribution in [3.63, 3.8) is 0 Å². The van der Waals surface area contributed by atoms with Crippen LogP contribution in [0.3, 0.4) is 0 Å². The Balaban J connectivity index is 1.66. The molecule has 3 rings (SSSR count). The first-order valence-electron chi connectivity index (χ1n) is 10.3. The van der Waals surface area contributed by atoms with Crippen LogP contribution >= 0.6 is 0 Å². The van der Waals surface area contributed by atoms with E-state index in [-0.39, 0.29) is 31.5 Å². The van der Waals surface area contributed by atoms with E-state index in [1.54, 1.807) is 13.8 Å². The third-order valence-corrected chi connectivity index (χ3v) is 5.11.